The first-order valence-corrected chi connectivity index (χ1v) is 8.07. The van der Waals surface area contributed by atoms with Crippen LogP contribution in [0.5, 0.6) is 0 Å². The number of nitrogens with zero attached hydrogens (tertiary/aromatic N) is 3. The maximum Gasteiger partial charge on any atom is 0.253 e. The molecule has 25 heavy (non-hydrogen) atoms. The van der Waals surface area contributed by atoms with Gasteiger partial charge in [0.25, 0.3) is 5.91 Å². The van der Waals surface area contributed by atoms with Crippen molar-refractivity contribution in [3.63, 3.8) is 0 Å². The summed E-state index contributed by atoms with van der Waals surface area (Å²) in [7, 11) is 1.74. The van der Waals surface area contributed by atoms with Crippen LogP contribution in [0.4, 0.5) is 4.39 Å². The summed E-state index contributed by atoms with van der Waals surface area (Å²) in [6.07, 6.45) is 0. The minimum atomic E-state index is -0.280. The number of benzene rings is 2. The molecule has 0 spiro atoms. The van der Waals surface area contributed by atoms with Crippen LogP contribution in [0.1, 0.15) is 27.3 Å². The number of carbonyl (C=O) groups is 1. The molecule has 2 aromatic carbocycles. The Morgan fingerprint density at radius 2 is 1.72 bits per heavy atom. The second-order valence-electron chi connectivity index (χ2n) is 6.17. The second-order valence-corrected chi connectivity index (χ2v) is 6.17. The van der Waals surface area contributed by atoms with Crippen molar-refractivity contribution in [2.24, 2.45) is 0 Å². The topological polar surface area (TPSA) is 38.1 Å². The van der Waals surface area contributed by atoms with Gasteiger partial charge in [-0.3, -0.25) is 4.79 Å². The summed E-state index contributed by atoms with van der Waals surface area (Å²) in [5.41, 5.74) is 4.41. The van der Waals surface area contributed by atoms with Gasteiger partial charge in [0.2, 0.25) is 0 Å². The summed E-state index contributed by atoms with van der Waals surface area (Å²) in [6.45, 7) is 4.37. The van der Waals surface area contributed by atoms with Crippen molar-refractivity contribution < 1.29 is 9.18 Å². The summed E-state index contributed by atoms with van der Waals surface area (Å²) >= 11 is 0. The van der Waals surface area contributed by atoms with Crippen LogP contribution < -0.4 is 0 Å². The lowest BCUT2D eigenvalue weighted by Gasteiger charge is -2.17. The number of amides is 1. The molecule has 0 N–H and O–H groups in total. The predicted octanol–water partition coefficient (Wildman–Crippen LogP) is 3.90. The van der Waals surface area contributed by atoms with Gasteiger partial charge < -0.3 is 4.90 Å². The van der Waals surface area contributed by atoms with Crippen LogP contribution in [0.2, 0.25) is 0 Å². The number of aromatic nitrogens is 2. The maximum absolute atomic E-state index is 13.0. The van der Waals surface area contributed by atoms with Crippen molar-refractivity contribution in [3.8, 4) is 5.69 Å². The number of rotatable bonds is 4. The molecule has 128 valence electrons. The summed E-state index contributed by atoms with van der Waals surface area (Å²) in [6, 6.07) is 15.6. The van der Waals surface area contributed by atoms with Crippen LogP contribution in [0.25, 0.3) is 5.69 Å². The third kappa shape index (κ3) is 3.76. The van der Waals surface area contributed by atoms with E-state index >= 15 is 0 Å². The van der Waals surface area contributed by atoms with Crippen LogP contribution >= 0.6 is 0 Å². The molecule has 3 aromatic rings. The Balaban J connectivity index is 1.73. The fraction of sp³-hybridized carbons (Fsp3) is 0.200. The van der Waals surface area contributed by atoms with Gasteiger partial charge in [-0.25, -0.2) is 9.07 Å². The van der Waals surface area contributed by atoms with Crippen molar-refractivity contribution in [1.29, 1.82) is 0 Å². The zero-order valence-corrected chi connectivity index (χ0v) is 14.5. The number of halogens is 1. The monoisotopic (exact) mass is 337 g/mol. The van der Waals surface area contributed by atoms with E-state index in [9.17, 15) is 9.18 Å². The zero-order chi connectivity index (χ0) is 18.0. The first-order chi connectivity index (χ1) is 11.9. The van der Waals surface area contributed by atoms with Gasteiger partial charge in [0.15, 0.2) is 0 Å². The van der Waals surface area contributed by atoms with E-state index in [2.05, 4.69) is 5.10 Å². The highest BCUT2D eigenvalue weighted by atomic mass is 19.1. The Labute approximate surface area is 146 Å². The third-order valence-corrected chi connectivity index (χ3v) is 4.05. The third-order valence-electron chi connectivity index (χ3n) is 4.05. The molecule has 0 saturated carbocycles. The van der Waals surface area contributed by atoms with E-state index in [1.807, 2.05) is 36.7 Å². The number of hydrogen-bond donors (Lipinski definition) is 0. The average molecular weight is 337 g/mol. The Bertz CT molecular complexity index is 882. The molecule has 0 fully saturated rings. The molecule has 5 heteroatoms. The highest BCUT2D eigenvalue weighted by Crippen LogP contribution is 2.15. The van der Waals surface area contributed by atoms with Crippen molar-refractivity contribution >= 4 is 5.91 Å². The fourth-order valence-corrected chi connectivity index (χ4v) is 2.79. The Morgan fingerprint density at radius 3 is 2.28 bits per heavy atom. The van der Waals surface area contributed by atoms with E-state index < -0.39 is 0 Å². The van der Waals surface area contributed by atoms with Gasteiger partial charge in [0.1, 0.15) is 5.82 Å². The van der Waals surface area contributed by atoms with E-state index in [-0.39, 0.29) is 11.7 Å². The lowest BCUT2D eigenvalue weighted by Crippen LogP contribution is -2.26. The molecule has 0 saturated heterocycles. The molecule has 0 aliphatic heterocycles. The lowest BCUT2D eigenvalue weighted by atomic mass is 10.1. The minimum Gasteiger partial charge on any atom is -0.337 e. The van der Waals surface area contributed by atoms with Crippen LogP contribution in [0, 0.1) is 19.7 Å². The van der Waals surface area contributed by atoms with Gasteiger partial charge >= 0.3 is 0 Å². The smallest absolute Gasteiger partial charge is 0.253 e. The Hall–Kier alpha value is -2.95. The number of carbonyl (C=O) groups excluding carboxylic acids is 1. The van der Waals surface area contributed by atoms with Crippen LogP contribution in [0.15, 0.2) is 54.6 Å². The second kappa shape index (κ2) is 6.89. The van der Waals surface area contributed by atoms with Crippen LogP contribution in [-0.4, -0.2) is 27.6 Å². The largest absolute Gasteiger partial charge is 0.337 e. The summed E-state index contributed by atoms with van der Waals surface area (Å²) < 4.78 is 14.8. The Morgan fingerprint density at radius 1 is 1.08 bits per heavy atom. The van der Waals surface area contributed by atoms with Crippen molar-refractivity contribution in [2.75, 3.05) is 7.05 Å². The van der Waals surface area contributed by atoms with E-state index in [0.717, 1.165) is 22.6 Å². The molecule has 0 atom stereocenters. The predicted molar refractivity (Wildman–Crippen MR) is 95.2 cm³/mol. The standard InChI is InChI=1S/C20H20FN3O/c1-14-12-15(2)24(22-14)19-10-6-17(7-11-19)20(25)23(3)13-16-4-8-18(21)9-5-16/h4-12H,13H2,1-3H3. The molecule has 0 unspecified atom stereocenters. The number of aryl methyl sites for hydroxylation is 2. The van der Waals surface area contributed by atoms with E-state index in [0.29, 0.717) is 12.1 Å². The highest BCUT2D eigenvalue weighted by Gasteiger charge is 2.13. The summed E-state index contributed by atoms with van der Waals surface area (Å²) in [5, 5.41) is 4.44. The van der Waals surface area contributed by atoms with E-state index in [1.165, 1.54) is 12.1 Å². The summed E-state index contributed by atoms with van der Waals surface area (Å²) in [5.74, 6) is -0.360. The van der Waals surface area contributed by atoms with Gasteiger partial charge in [-0.15, -0.1) is 0 Å². The fourth-order valence-electron chi connectivity index (χ4n) is 2.79. The Kier molecular flexibility index (Phi) is 4.65. The van der Waals surface area contributed by atoms with Gasteiger partial charge in [-0.1, -0.05) is 12.1 Å². The zero-order valence-electron chi connectivity index (χ0n) is 14.5. The molecule has 3 rings (SSSR count). The number of hydrogen-bond acceptors (Lipinski definition) is 2. The molecule has 0 radical (unpaired) electrons. The highest BCUT2D eigenvalue weighted by molar-refractivity contribution is 5.94. The molecule has 1 aromatic heterocycles. The SMILES string of the molecule is Cc1cc(C)n(-c2ccc(C(=O)N(C)Cc3ccc(F)cc3)cc2)n1. The van der Waals surface area contributed by atoms with E-state index in [1.54, 1.807) is 36.2 Å². The lowest BCUT2D eigenvalue weighted by molar-refractivity contribution is 0.0785. The van der Waals surface area contributed by atoms with Gasteiger partial charge in [0.05, 0.1) is 11.4 Å². The molecule has 0 bridgehead atoms. The molecular formula is C20H20FN3O. The molecular weight excluding hydrogens is 317 g/mol. The van der Waals surface area contributed by atoms with Gasteiger partial charge in [0, 0.05) is 24.8 Å². The van der Waals surface area contributed by atoms with Crippen molar-refractivity contribution in [3.05, 3.63) is 82.9 Å². The minimum absolute atomic E-state index is 0.0794. The van der Waals surface area contributed by atoms with Crippen molar-refractivity contribution in [2.45, 2.75) is 20.4 Å². The van der Waals surface area contributed by atoms with Gasteiger partial charge in [-0.05, 0) is 61.9 Å². The van der Waals surface area contributed by atoms with E-state index in [4.69, 9.17) is 0 Å². The van der Waals surface area contributed by atoms with Crippen molar-refractivity contribution in [1.82, 2.24) is 14.7 Å². The maximum atomic E-state index is 13.0. The van der Waals surface area contributed by atoms with Gasteiger partial charge in [-0.2, -0.15) is 5.10 Å². The quantitative estimate of drug-likeness (QED) is 0.724. The molecule has 4 nitrogen and oxygen atoms in total. The summed E-state index contributed by atoms with van der Waals surface area (Å²) in [4.78, 5) is 14.2. The van der Waals surface area contributed by atoms with Crippen LogP contribution in [-0.2, 0) is 6.54 Å². The first kappa shape index (κ1) is 16.9. The molecule has 1 heterocycles. The van der Waals surface area contributed by atoms with Crippen LogP contribution in [0.3, 0.4) is 0 Å². The molecule has 0 aliphatic rings. The normalized spacial score (nSPS) is 10.7. The average Bonchev–Trinajstić information content (AvgIpc) is 2.94. The first-order valence-electron chi connectivity index (χ1n) is 8.07. The molecule has 1 amide bonds. The molecule has 0 aliphatic carbocycles.